The summed E-state index contributed by atoms with van der Waals surface area (Å²) < 4.78 is 11.5. The molecule has 0 unspecified atom stereocenters. The van der Waals surface area contributed by atoms with Crippen molar-refractivity contribution < 1.29 is 23.9 Å². The first-order valence-electron chi connectivity index (χ1n) is 10.7. The molecule has 4 rings (SSSR count). The molecular weight excluding hydrogens is 466 g/mol. The number of carbonyl (C=O) groups excluding carboxylic acids is 3. The summed E-state index contributed by atoms with van der Waals surface area (Å²) in [6, 6.07) is 5.02. The first-order valence-corrected chi connectivity index (χ1v) is 11.9. The van der Waals surface area contributed by atoms with Crippen LogP contribution in [0.2, 0.25) is 5.02 Å². The molecule has 0 bridgehead atoms. The highest BCUT2D eigenvalue weighted by Crippen LogP contribution is 2.35. The lowest BCUT2D eigenvalue weighted by atomic mass is 10.3. The fourth-order valence-corrected chi connectivity index (χ4v) is 4.07. The van der Waals surface area contributed by atoms with Gasteiger partial charge < -0.3 is 14.8 Å². The number of amides is 3. The second-order valence-corrected chi connectivity index (χ2v) is 9.50. The highest BCUT2D eigenvalue weighted by atomic mass is 35.5. The molecule has 8 nitrogen and oxygen atoms in total. The minimum atomic E-state index is -0.386. The van der Waals surface area contributed by atoms with Gasteiger partial charge in [0.05, 0.1) is 16.5 Å². The molecule has 1 aliphatic carbocycles. The zero-order chi connectivity index (χ0) is 23.4. The maximum Gasteiger partial charge on any atom is 0.279 e. The number of hydrogen-bond acceptors (Lipinski definition) is 7. The summed E-state index contributed by atoms with van der Waals surface area (Å²) in [6.07, 6.45) is 8.05. The van der Waals surface area contributed by atoms with Gasteiger partial charge in [-0.05, 0) is 43.9 Å². The molecule has 174 valence electrons. The molecule has 0 spiro atoms. The summed E-state index contributed by atoms with van der Waals surface area (Å²) >= 11 is 7.65. The third-order valence-corrected chi connectivity index (χ3v) is 6.32. The lowest BCUT2D eigenvalue weighted by Crippen LogP contribution is -2.42. The number of hydrogen-bond donors (Lipinski definition) is 1. The van der Waals surface area contributed by atoms with Crippen molar-refractivity contribution in [3.8, 4) is 16.7 Å². The summed E-state index contributed by atoms with van der Waals surface area (Å²) in [5.74, 6) is 0.870. The third-order valence-electron chi connectivity index (χ3n) is 5.18. The van der Waals surface area contributed by atoms with Gasteiger partial charge in [-0.15, -0.1) is 0 Å². The summed E-state index contributed by atoms with van der Waals surface area (Å²) in [5, 5.41) is 3.63. The molecule has 2 heterocycles. The zero-order valence-electron chi connectivity index (χ0n) is 18.1. The van der Waals surface area contributed by atoms with Crippen molar-refractivity contribution in [2.24, 2.45) is 5.92 Å². The van der Waals surface area contributed by atoms with Crippen molar-refractivity contribution in [2.75, 3.05) is 13.2 Å². The number of benzene rings is 1. The smallest absolute Gasteiger partial charge is 0.279 e. The maximum atomic E-state index is 12.1. The van der Waals surface area contributed by atoms with E-state index in [4.69, 9.17) is 21.1 Å². The number of thiazole rings is 1. The lowest BCUT2D eigenvalue weighted by Gasteiger charge is -2.15. The van der Waals surface area contributed by atoms with E-state index in [-0.39, 0.29) is 43.1 Å². The van der Waals surface area contributed by atoms with Crippen molar-refractivity contribution in [3.05, 3.63) is 40.4 Å². The van der Waals surface area contributed by atoms with E-state index >= 15 is 0 Å². The van der Waals surface area contributed by atoms with Crippen LogP contribution >= 0.6 is 22.9 Å². The van der Waals surface area contributed by atoms with Gasteiger partial charge in [-0.2, -0.15) is 0 Å². The Kier molecular flexibility index (Phi) is 7.29. The van der Waals surface area contributed by atoms with E-state index in [1.54, 1.807) is 31.3 Å². The van der Waals surface area contributed by atoms with Gasteiger partial charge in [0, 0.05) is 31.1 Å². The number of ether oxygens (including phenoxy) is 2. The predicted octanol–water partition coefficient (Wildman–Crippen LogP) is 4.04. The first-order chi connectivity index (χ1) is 15.9. The predicted molar refractivity (Wildman–Crippen MR) is 124 cm³/mol. The van der Waals surface area contributed by atoms with E-state index in [2.05, 4.69) is 10.3 Å². The Hall–Kier alpha value is -2.91. The van der Waals surface area contributed by atoms with Crippen LogP contribution in [0.3, 0.4) is 0 Å². The van der Waals surface area contributed by atoms with E-state index in [9.17, 15) is 14.4 Å². The minimum Gasteiger partial charge on any atom is -0.493 e. The molecular formula is C23H24ClN3O5S. The average Bonchev–Trinajstić information content (AvgIpc) is 3.43. The van der Waals surface area contributed by atoms with Crippen LogP contribution in [0, 0.1) is 5.92 Å². The Morgan fingerprint density at radius 1 is 1.33 bits per heavy atom. The Morgan fingerprint density at radius 2 is 2.09 bits per heavy atom. The van der Waals surface area contributed by atoms with Crippen LogP contribution < -0.4 is 14.8 Å². The van der Waals surface area contributed by atoms with Gasteiger partial charge in [-0.3, -0.25) is 19.3 Å². The number of halogens is 1. The SMILES string of the molecule is C[C@@H](/C=C/c1cnc(Oc2ccc(OCC3CC3)cc2Cl)s1)NC(=O)CN1C(=O)CCC1=O. The van der Waals surface area contributed by atoms with Crippen LogP contribution in [0.15, 0.2) is 30.5 Å². The molecule has 33 heavy (non-hydrogen) atoms. The maximum absolute atomic E-state index is 12.1. The zero-order valence-corrected chi connectivity index (χ0v) is 19.7. The third kappa shape index (κ3) is 6.55. The fourth-order valence-electron chi connectivity index (χ4n) is 3.17. The van der Waals surface area contributed by atoms with Gasteiger partial charge >= 0.3 is 0 Å². The summed E-state index contributed by atoms with van der Waals surface area (Å²) in [7, 11) is 0. The fraction of sp³-hybridized carbons (Fsp3) is 0.391. The highest BCUT2D eigenvalue weighted by molar-refractivity contribution is 7.14. The Bertz CT molecular complexity index is 1070. The molecule has 1 saturated carbocycles. The first kappa shape index (κ1) is 23.3. The number of rotatable bonds is 10. The van der Waals surface area contributed by atoms with Gasteiger partial charge in [-0.1, -0.05) is 29.0 Å². The summed E-state index contributed by atoms with van der Waals surface area (Å²) in [4.78, 5) is 41.4. The number of likely N-dealkylation sites (tertiary alicyclic amines) is 1. The van der Waals surface area contributed by atoms with Crippen LogP contribution in [0.4, 0.5) is 0 Å². The average molecular weight is 490 g/mol. The number of carbonyl (C=O) groups is 3. The van der Waals surface area contributed by atoms with Crippen LogP contribution in [-0.2, 0) is 14.4 Å². The molecule has 2 aliphatic rings. The molecule has 0 radical (unpaired) electrons. The molecule has 2 aromatic rings. The van der Waals surface area contributed by atoms with Crippen molar-refractivity contribution in [3.63, 3.8) is 0 Å². The Balaban J connectivity index is 1.26. The van der Waals surface area contributed by atoms with Crippen LogP contribution in [0.5, 0.6) is 16.7 Å². The lowest BCUT2D eigenvalue weighted by molar-refractivity contribution is -0.142. The minimum absolute atomic E-state index is 0.168. The van der Waals surface area contributed by atoms with E-state index in [1.165, 1.54) is 24.2 Å². The number of nitrogens with zero attached hydrogens (tertiary/aromatic N) is 2. The molecule has 1 atom stereocenters. The molecule has 10 heteroatoms. The van der Waals surface area contributed by atoms with Crippen LogP contribution in [-0.4, -0.2) is 46.8 Å². The quantitative estimate of drug-likeness (QED) is 0.506. The molecule has 3 amide bonds. The second kappa shape index (κ2) is 10.4. The van der Waals surface area contributed by atoms with E-state index in [1.807, 2.05) is 12.1 Å². The molecule has 1 aromatic heterocycles. The summed E-state index contributed by atoms with van der Waals surface area (Å²) in [5.41, 5.74) is 0. The van der Waals surface area contributed by atoms with E-state index < -0.39 is 0 Å². The van der Waals surface area contributed by atoms with Gasteiger partial charge in [0.15, 0.2) is 0 Å². The normalized spacial score (nSPS) is 17.0. The van der Waals surface area contributed by atoms with Crippen molar-refractivity contribution >= 4 is 46.7 Å². The molecule has 1 saturated heterocycles. The number of aromatic nitrogens is 1. The van der Waals surface area contributed by atoms with Gasteiger partial charge in [-0.25, -0.2) is 4.98 Å². The van der Waals surface area contributed by atoms with Crippen LogP contribution in [0.1, 0.15) is 37.5 Å². The Labute approximate surface area is 200 Å². The second-order valence-electron chi connectivity index (χ2n) is 8.07. The molecule has 1 aliphatic heterocycles. The highest BCUT2D eigenvalue weighted by Gasteiger charge is 2.30. The van der Waals surface area contributed by atoms with Crippen molar-refractivity contribution in [2.45, 2.75) is 38.6 Å². The van der Waals surface area contributed by atoms with Crippen molar-refractivity contribution in [1.82, 2.24) is 15.2 Å². The van der Waals surface area contributed by atoms with Gasteiger partial charge in [0.2, 0.25) is 17.7 Å². The monoisotopic (exact) mass is 489 g/mol. The van der Waals surface area contributed by atoms with E-state index in [0.717, 1.165) is 15.5 Å². The number of nitrogens with one attached hydrogen (secondary N) is 1. The van der Waals surface area contributed by atoms with Gasteiger partial charge in [0.25, 0.3) is 5.19 Å². The largest absolute Gasteiger partial charge is 0.493 e. The van der Waals surface area contributed by atoms with Crippen molar-refractivity contribution in [1.29, 1.82) is 0 Å². The Morgan fingerprint density at radius 3 is 2.79 bits per heavy atom. The molecule has 1 aromatic carbocycles. The number of imide groups is 1. The molecule has 2 fully saturated rings. The van der Waals surface area contributed by atoms with E-state index in [0.29, 0.717) is 28.5 Å². The standard InChI is InChI=1S/C23H24ClN3O5S/c1-14(26-20(28)12-27-21(29)8-9-22(27)30)2-6-17-11-25-23(33-17)32-19-7-5-16(10-18(19)24)31-13-15-3-4-15/h2,5-7,10-11,14-15H,3-4,8-9,12-13H2,1H3,(H,26,28)/b6-2+/t14-/m0/s1. The van der Waals surface area contributed by atoms with Gasteiger partial charge in [0.1, 0.15) is 18.0 Å². The topological polar surface area (TPSA) is 97.8 Å². The molecule has 1 N–H and O–H groups in total. The summed E-state index contributed by atoms with van der Waals surface area (Å²) in [6.45, 7) is 2.26. The van der Waals surface area contributed by atoms with Crippen LogP contribution in [0.25, 0.3) is 6.08 Å².